The molecular formula is C13H12BrN5S2. The van der Waals surface area contributed by atoms with E-state index < -0.39 is 0 Å². The number of nitrogens with one attached hydrogen (secondary N) is 1. The number of rotatable bonds is 5. The Morgan fingerprint density at radius 2 is 2.29 bits per heavy atom. The average molecular weight is 382 g/mol. The van der Waals surface area contributed by atoms with Crippen molar-refractivity contribution < 1.29 is 0 Å². The van der Waals surface area contributed by atoms with E-state index in [0.29, 0.717) is 0 Å². The minimum Gasteiger partial charge on any atom is -0.337 e. The van der Waals surface area contributed by atoms with Crippen molar-refractivity contribution >= 4 is 49.8 Å². The summed E-state index contributed by atoms with van der Waals surface area (Å²) in [5.74, 6) is 1.81. The van der Waals surface area contributed by atoms with Gasteiger partial charge in [-0.3, -0.25) is 0 Å². The van der Waals surface area contributed by atoms with E-state index in [9.17, 15) is 0 Å². The molecule has 2 aromatic heterocycles. The van der Waals surface area contributed by atoms with Crippen molar-refractivity contribution in [3.8, 4) is 0 Å². The highest BCUT2D eigenvalue weighted by Gasteiger charge is 2.07. The van der Waals surface area contributed by atoms with Crippen molar-refractivity contribution in [2.24, 2.45) is 7.05 Å². The minimum atomic E-state index is 0.787. The Balaban J connectivity index is 1.62. The van der Waals surface area contributed by atoms with Crippen molar-refractivity contribution in [3.63, 3.8) is 0 Å². The number of aryl methyl sites for hydroxylation is 1. The van der Waals surface area contributed by atoms with Crippen LogP contribution in [0.5, 0.6) is 0 Å². The Bertz CT molecular complexity index is 740. The van der Waals surface area contributed by atoms with Gasteiger partial charge in [0.2, 0.25) is 5.13 Å². The number of benzene rings is 1. The number of thioether (sulfide) groups is 1. The second-order valence-electron chi connectivity index (χ2n) is 4.25. The fraction of sp³-hybridized carbons (Fsp3) is 0.154. The van der Waals surface area contributed by atoms with E-state index in [1.807, 2.05) is 42.1 Å². The first-order valence-electron chi connectivity index (χ1n) is 6.16. The second-order valence-corrected chi connectivity index (χ2v) is 7.37. The summed E-state index contributed by atoms with van der Waals surface area (Å²) in [6.45, 7) is 0. The first-order chi connectivity index (χ1) is 10.2. The first kappa shape index (κ1) is 14.6. The van der Waals surface area contributed by atoms with Gasteiger partial charge in [0.05, 0.1) is 5.75 Å². The van der Waals surface area contributed by atoms with Crippen LogP contribution in [0.4, 0.5) is 10.8 Å². The van der Waals surface area contributed by atoms with Crippen LogP contribution in [0.1, 0.15) is 5.82 Å². The third-order valence-electron chi connectivity index (χ3n) is 2.73. The lowest BCUT2D eigenvalue weighted by molar-refractivity contribution is 0.848. The molecule has 0 fully saturated rings. The summed E-state index contributed by atoms with van der Waals surface area (Å²) >= 11 is 6.63. The number of aromatic nitrogens is 4. The van der Waals surface area contributed by atoms with Crippen LogP contribution in [0, 0.1) is 0 Å². The first-order valence-corrected chi connectivity index (χ1v) is 8.75. The smallest absolute Gasteiger partial charge is 0.210 e. The Kier molecular flexibility index (Phi) is 4.57. The zero-order chi connectivity index (χ0) is 14.7. The molecular weight excluding hydrogens is 370 g/mol. The Morgan fingerprint density at radius 3 is 3.05 bits per heavy atom. The number of hydrogen-bond acceptors (Lipinski definition) is 6. The van der Waals surface area contributed by atoms with E-state index >= 15 is 0 Å². The fourth-order valence-corrected chi connectivity index (χ4v) is 3.85. The van der Waals surface area contributed by atoms with Gasteiger partial charge in [0, 0.05) is 29.6 Å². The molecule has 21 heavy (non-hydrogen) atoms. The van der Waals surface area contributed by atoms with Crippen LogP contribution in [0.15, 0.2) is 45.5 Å². The predicted molar refractivity (Wildman–Crippen MR) is 90.1 cm³/mol. The van der Waals surface area contributed by atoms with Crippen molar-refractivity contribution in [1.29, 1.82) is 0 Å². The van der Waals surface area contributed by atoms with E-state index in [4.69, 9.17) is 0 Å². The molecule has 0 saturated carbocycles. The third-order valence-corrected chi connectivity index (χ3v) is 5.19. The van der Waals surface area contributed by atoms with Gasteiger partial charge in [0.25, 0.3) is 0 Å². The van der Waals surface area contributed by atoms with Crippen LogP contribution in [0.25, 0.3) is 0 Å². The van der Waals surface area contributed by atoms with Gasteiger partial charge < -0.3 is 9.88 Å². The largest absolute Gasteiger partial charge is 0.337 e. The molecule has 0 radical (unpaired) electrons. The lowest BCUT2D eigenvalue weighted by Gasteiger charge is -2.01. The number of imidazole rings is 1. The maximum absolute atomic E-state index is 4.29. The molecule has 1 aromatic carbocycles. The van der Waals surface area contributed by atoms with Crippen molar-refractivity contribution in [2.75, 3.05) is 5.32 Å². The normalized spacial score (nSPS) is 10.8. The molecule has 0 aliphatic carbocycles. The summed E-state index contributed by atoms with van der Waals surface area (Å²) in [7, 11) is 1.99. The summed E-state index contributed by atoms with van der Waals surface area (Å²) in [6, 6.07) is 7.96. The van der Waals surface area contributed by atoms with E-state index in [-0.39, 0.29) is 0 Å². The zero-order valence-electron chi connectivity index (χ0n) is 11.2. The quantitative estimate of drug-likeness (QED) is 0.675. The summed E-state index contributed by atoms with van der Waals surface area (Å²) in [4.78, 5) is 4.29. The average Bonchev–Trinajstić information content (AvgIpc) is 3.06. The minimum absolute atomic E-state index is 0.787. The maximum Gasteiger partial charge on any atom is 0.210 e. The lowest BCUT2D eigenvalue weighted by Crippen LogP contribution is -1.93. The van der Waals surface area contributed by atoms with Gasteiger partial charge in [0.15, 0.2) is 4.34 Å². The predicted octanol–water partition coefficient (Wildman–Crippen LogP) is 4.07. The molecule has 5 nitrogen and oxygen atoms in total. The second kappa shape index (κ2) is 6.59. The van der Waals surface area contributed by atoms with E-state index in [1.54, 1.807) is 18.0 Å². The summed E-state index contributed by atoms with van der Waals surface area (Å²) in [5.41, 5.74) is 0.987. The van der Waals surface area contributed by atoms with Gasteiger partial charge in [-0.15, -0.1) is 10.2 Å². The standard InChI is InChI=1S/C13H12BrN5S2/c1-19-6-5-15-11(19)8-20-13-18-17-12(21-13)16-10-4-2-3-9(14)7-10/h2-7H,8H2,1H3,(H,16,17). The fourth-order valence-electron chi connectivity index (χ4n) is 1.67. The molecule has 0 saturated heterocycles. The molecule has 8 heteroatoms. The van der Waals surface area contributed by atoms with Crippen LogP contribution < -0.4 is 5.32 Å². The topological polar surface area (TPSA) is 55.6 Å². The third kappa shape index (κ3) is 3.84. The summed E-state index contributed by atoms with van der Waals surface area (Å²) < 4.78 is 3.96. The monoisotopic (exact) mass is 381 g/mol. The van der Waals surface area contributed by atoms with Crippen LogP contribution in [-0.4, -0.2) is 19.7 Å². The van der Waals surface area contributed by atoms with Gasteiger partial charge in [-0.05, 0) is 18.2 Å². The van der Waals surface area contributed by atoms with Crippen LogP contribution in [-0.2, 0) is 12.8 Å². The summed E-state index contributed by atoms with van der Waals surface area (Å²) in [6.07, 6.45) is 3.74. The molecule has 108 valence electrons. The zero-order valence-corrected chi connectivity index (χ0v) is 14.4. The molecule has 0 bridgehead atoms. The Morgan fingerprint density at radius 1 is 1.38 bits per heavy atom. The molecule has 3 aromatic rings. The van der Waals surface area contributed by atoms with E-state index in [0.717, 1.165) is 31.2 Å². The van der Waals surface area contributed by atoms with E-state index in [1.165, 1.54) is 11.3 Å². The molecule has 0 aliphatic rings. The highest BCUT2D eigenvalue weighted by molar-refractivity contribution is 9.10. The van der Waals surface area contributed by atoms with Crippen molar-refractivity contribution in [2.45, 2.75) is 10.1 Å². The molecule has 0 atom stereocenters. The summed E-state index contributed by atoms with van der Waals surface area (Å²) in [5, 5.41) is 12.4. The van der Waals surface area contributed by atoms with Crippen LogP contribution in [0.2, 0.25) is 0 Å². The van der Waals surface area contributed by atoms with Gasteiger partial charge in [-0.25, -0.2) is 4.98 Å². The van der Waals surface area contributed by atoms with Crippen LogP contribution >= 0.6 is 39.0 Å². The Hall–Kier alpha value is -1.38. The SMILES string of the molecule is Cn1ccnc1CSc1nnc(Nc2cccc(Br)c2)s1. The van der Waals surface area contributed by atoms with Crippen LogP contribution in [0.3, 0.4) is 0 Å². The highest BCUT2D eigenvalue weighted by atomic mass is 79.9. The number of nitrogens with zero attached hydrogens (tertiary/aromatic N) is 4. The van der Waals surface area contributed by atoms with Gasteiger partial charge in [-0.2, -0.15) is 0 Å². The number of halogens is 1. The van der Waals surface area contributed by atoms with E-state index in [2.05, 4.69) is 36.4 Å². The Labute approximate surface area is 139 Å². The molecule has 0 aliphatic heterocycles. The van der Waals surface area contributed by atoms with Crippen molar-refractivity contribution in [3.05, 3.63) is 47.0 Å². The van der Waals surface area contributed by atoms with Crippen molar-refractivity contribution in [1.82, 2.24) is 19.7 Å². The van der Waals surface area contributed by atoms with Gasteiger partial charge in [0.1, 0.15) is 5.82 Å². The van der Waals surface area contributed by atoms with Gasteiger partial charge >= 0.3 is 0 Å². The molecule has 0 spiro atoms. The number of anilines is 2. The lowest BCUT2D eigenvalue weighted by atomic mass is 10.3. The maximum atomic E-state index is 4.29. The molecule has 2 heterocycles. The van der Waals surface area contributed by atoms with Gasteiger partial charge in [-0.1, -0.05) is 45.1 Å². The molecule has 3 rings (SSSR count). The molecule has 1 N–H and O–H groups in total. The number of hydrogen-bond donors (Lipinski definition) is 1. The molecule has 0 amide bonds. The highest BCUT2D eigenvalue weighted by Crippen LogP contribution is 2.29. The molecule has 0 unspecified atom stereocenters.